The van der Waals surface area contributed by atoms with Crippen LogP contribution in [0.25, 0.3) is 33.2 Å². The molecule has 6 nitrogen and oxygen atoms in total. The highest BCUT2D eigenvalue weighted by Crippen LogP contribution is 2.46. The van der Waals surface area contributed by atoms with Crippen molar-refractivity contribution in [3.05, 3.63) is 78.1 Å². The smallest absolute Gasteiger partial charge is 0.248 e. The van der Waals surface area contributed by atoms with Gasteiger partial charge in [-0.25, -0.2) is 26.6 Å². The standard InChI is InChI=1S/C30H29F3N4O2S/c1-18-28(36(2)17-35-18)21-13-25-27(34-16-21)26-23(31)14-22(40(3,38)39)15-24(26)37(25)29(19-7-5-4-6-8-19)20-9-11-30(32,33)12-10-20/h4-8,13-17,20,29H,9-12H2,1-3H3/i1D3. The van der Waals surface area contributed by atoms with Crippen LogP contribution in [-0.2, 0) is 16.9 Å². The number of hydrogen-bond acceptors (Lipinski definition) is 4. The van der Waals surface area contributed by atoms with E-state index in [1.54, 1.807) is 22.2 Å². The van der Waals surface area contributed by atoms with E-state index < -0.39 is 34.5 Å². The summed E-state index contributed by atoms with van der Waals surface area (Å²) >= 11 is 0. The Hall–Kier alpha value is -3.66. The zero-order valence-corrected chi connectivity index (χ0v) is 22.7. The summed E-state index contributed by atoms with van der Waals surface area (Å²) in [7, 11) is -2.16. The van der Waals surface area contributed by atoms with Gasteiger partial charge in [-0.3, -0.25) is 4.98 Å². The van der Waals surface area contributed by atoms with Crippen molar-refractivity contribution in [2.45, 2.75) is 49.4 Å². The van der Waals surface area contributed by atoms with Crippen molar-refractivity contribution < 1.29 is 25.7 Å². The molecule has 0 saturated heterocycles. The number of pyridine rings is 1. The number of hydrogen-bond donors (Lipinski definition) is 0. The van der Waals surface area contributed by atoms with E-state index in [1.807, 2.05) is 30.3 Å². The summed E-state index contributed by atoms with van der Waals surface area (Å²) in [5, 5.41) is 0.0945. The van der Waals surface area contributed by atoms with Crippen molar-refractivity contribution in [1.82, 2.24) is 19.1 Å². The monoisotopic (exact) mass is 569 g/mol. The number of alkyl halides is 2. The van der Waals surface area contributed by atoms with Gasteiger partial charge < -0.3 is 9.13 Å². The minimum atomic E-state index is -3.82. The highest BCUT2D eigenvalue weighted by atomic mass is 32.2. The Labute approximate surface area is 234 Å². The third-order valence-corrected chi connectivity index (χ3v) is 9.02. The summed E-state index contributed by atoms with van der Waals surface area (Å²) in [4.78, 5) is 8.47. The van der Waals surface area contributed by atoms with Crippen molar-refractivity contribution in [2.24, 2.45) is 13.0 Å². The maximum Gasteiger partial charge on any atom is 0.248 e. The first-order chi connectivity index (χ1) is 20.2. The number of fused-ring (bicyclic) bond motifs is 3. The Morgan fingerprint density at radius 1 is 1.07 bits per heavy atom. The molecule has 1 aliphatic carbocycles. The summed E-state index contributed by atoms with van der Waals surface area (Å²) in [6, 6.07) is 12.7. The van der Waals surface area contributed by atoms with Crippen molar-refractivity contribution in [1.29, 1.82) is 0 Å². The van der Waals surface area contributed by atoms with Crippen LogP contribution in [-0.4, -0.2) is 39.7 Å². The molecule has 3 heterocycles. The van der Waals surface area contributed by atoms with Gasteiger partial charge in [0.1, 0.15) is 5.82 Å². The molecule has 3 aromatic heterocycles. The van der Waals surface area contributed by atoms with Gasteiger partial charge in [-0.2, -0.15) is 0 Å². The van der Waals surface area contributed by atoms with Crippen LogP contribution in [0, 0.1) is 18.6 Å². The Bertz CT molecular complexity index is 1960. The zero-order valence-electron chi connectivity index (χ0n) is 24.9. The van der Waals surface area contributed by atoms with Crippen LogP contribution < -0.4 is 0 Å². The molecule has 2 aromatic carbocycles. The van der Waals surface area contributed by atoms with E-state index in [0.717, 1.165) is 17.9 Å². The van der Waals surface area contributed by atoms with Gasteiger partial charge in [-0.05, 0) is 49.4 Å². The molecule has 0 radical (unpaired) electrons. The molecule has 1 fully saturated rings. The van der Waals surface area contributed by atoms with Crippen molar-refractivity contribution in [3.63, 3.8) is 0 Å². The molecule has 40 heavy (non-hydrogen) atoms. The van der Waals surface area contributed by atoms with Crippen LogP contribution in [0.5, 0.6) is 0 Å². The Morgan fingerprint density at radius 3 is 2.48 bits per heavy atom. The molecule has 208 valence electrons. The van der Waals surface area contributed by atoms with Crippen LogP contribution in [0.2, 0.25) is 0 Å². The molecule has 1 saturated carbocycles. The number of rotatable bonds is 5. The molecule has 1 atom stereocenters. The molecule has 5 aromatic rings. The zero-order chi connectivity index (χ0) is 30.9. The molecule has 0 amide bonds. The Balaban J connectivity index is 1.71. The van der Waals surface area contributed by atoms with Crippen LogP contribution in [0.15, 0.2) is 66.0 Å². The summed E-state index contributed by atoms with van der Waals surface area (Å²) in [6.45, 7) is -2.52. The number of aromatic nitrogens is 4. The number of nitrogens with zero attached hydrogens (tertiary/aromatic N) is 4. The fourth-order valence-electron chi connectivity index (χ4n) is 6.03. The van der Waals surface area contributed by atoms with Crippen LogP contribution >= 0.6 is 0 Å². The van der Waals surface area contributed by atoms with Gasteiger partial charge in [-0.1, -0.05) is 30.3 Å². The minimum absolute atomic E-state index is 0.0945. The first-order valence-corrected chi connectivity index (χ1v) is 14.8. The number of sulfone groups is 1. The van der Waals surface area contributed by atoms with Crippen LogP contribution in [0.1, 0.15) is 47.1 Å². The maximum atomic E-state index is 15.9. The average Bonchev–Trinajstić information content (AvgIpc) is 3.48. The van der Waals surface area contributed by atoms with Gasteiger partial charge in [0.15, 0.2) is 9.84 Å². The van der Waals surface area contributed by atoms with Crippen molar-refractivity contribution >= 4 is 31.8 Å². The lowest BCUT2D eigenvalue weighted by molar-refractivity contribution is -0.0493. The maximum absolute atomic E-state index is 15.9. The summed E-state index contributed by atoms with van der Waals surface area (Å²) in [5.74, 6) is -3.86. The molecule has 0 bridgehead atoms. The SMILES string of the molecule is [2H]C([2H])([2H])c1ncn(C)c1-c1cnc2c3c(F)cc(S(C)(=O)=O)cc3n(C(c3ccccc3)C3CCC(F)(F)CC3)c2c1. The largest absolute Gasteiger partial charge is 0.333 e. The third-order valence-electron chi connectivity index (χ3n) is 7.93. The molecule has 6 rings (SSSR count). The van der Waals surface area contributed by atoms with Crippen molar-refractivity contribution in [3.8, 4) is 11.3 Å². The average molecular weight is 570 g/mol. The second kappa shape index (κ2) is 9.47. The minimum Gasteiger partial charge on any atom is -0.333 e. The Kier molecular flexibility index (Phi) is 5.46. The predicted molar refractivity (Wildman–Crippen MR) is 149 cm³/mol. The molecule has 0 aliphatic heterocycles. The molecule has 0 N–H and O–H groups in total. The van der Waals surface area contributed by atoms with E-state index in [4.69, 9.17) is 4.11 Å². The second-order valence-corrected chi connectivity index (χ2v) is 12.7. The fourth-order valence-corrected chi connectivity index (χ4v) is 6.67. The number of benzene rings is 2. The van der Waals surface area contributed by atoms with E-state index in [0.29, 0.717) is 16.8 Å². The number of aryl methyl sites for hydroxylation is 2. The molecule has 1 unspecified atom stereocenters. The highest BCUT2D eigenvalue weighted by molar-refractivity contribution is 7.90. The predicted octanol–water partition coefficient (Wildman–Crippen LogP) is 6.86. The van der Waals surface area contributed by atoms with Gasteiger partial charge in [0, 0.05) is 42.0 Å². The van der Waals surface area contributed by atoms with Gasteiger partial charge in [0.05, 0.1) is 50.6 Å². The quantitative estimate of drug-likeness (QED) is 0.232. The highest BCUT2D eigenvalue weighted by Gasteiger charge is 2.39. The summed E-state index contributed by atoms with van der Waals surface area (Å²) in [5.41, 5.74) is 2.30. The van der Waals surface area contributed by atoms with E-state index in [1.165, 1.54) is 18.6 Å². The van der Waals surface area contributed by atoms with E-state index in [-0.39, 0.29) is 58.6 Å². The molecule has 1 aliphatic rings. The van der Waals surface area contributed by atoms with Gasteiger partial charge in [0.25, 0.3) is 0 Å². The second-order valence-electron chi connectivity index (χ2n) is 10.6. The number of halogens is 3. The van der Waals surface area contributed by atoms with E-state index in [2.05, 4.69) is 9.97 Å². The lowest BCUT2D eigenvalue weighted by Crippen LogP contribution is -2.30. The van der Waals surface area contributed by atoms with Crippen LogP contribution in [0.4, 0.5) is 13.2 Å². The van der Waals surface area contributed by atoms with Crippen LogP contribution in [0.3, 0.4) is 0 Å². The van der Waals surface area contributed by atoms with Crippen molar-refractivity contribution in [2.75, 3.05) is 6.26 Å². The molecular weight excluding hydrogens is 537 g/mol. The topological polar surface area (TPSA) is 69.8 Å². The molecule has 0 spiro atoms. The first kappa shape index (κ1) is 23.1. The van der Waals surface area contributed by atoms with Gasteiger partial charge in [-0.15, -0.1) is 0 Å². The lowest BCUT2D eigenvalue weighted by Gasteiger charge is -2.35. The normalized spacial score (nSPS) is 18.5. The fraction of sp³-hybridized carbons (Fsp3) is 0.333. The Morgan fingerprint density at radius 2 is 1.80 bits per heavy atom. The summed E-state index contributed by atoms with van der Waals surface area (Å²) < 4.78 is 97.1. The first-order valence-electron chi connectivity index (χ1n) is 14.4. The lowest BCUT2D eigenvalue weighted by atomic mass is 9.79. The number of imidazole rings is 1. The van der Waals surface area contributed by atoms with Gasteiger partial charge >= 0.3 is 0 Å². The molecule has 10 heteroatoms. The molecular formula is C30H29F3N4O2S. The summed E-state index contributed by atoms with van der Waals surface area (Å²) in [6.07, 6.45) is 3.61. The van der Waals surface area contributed by atoms with E-state index >= 15 is 4.39 Å². The third kappa shape index (κ3) is 4.48. The van der Waals surface area contributed by atoms with E-state index in [9.17, 15) is 17.2 Å². The van der Waals surface area contributed by atoms with Gasteiger partial charge in [0.2, 0.25) is 5.92 Å².